The van der Waals surface area contributed by atoms with Crippen LogP contribution >= 0.6 is 12.4 Å². The normalized spacial score (nSPS) is 9.26. The molecule has 0 aliphatic heterocycles. The lowest BCUT2D eigenvalue weighted by Crippen LogP contribution is -2.17. The number of rotatable bonds is 3. The number of ether oxygens (including phenoxy) is 2. The van der Waals surface area contributed by atoms with Crippen molar-refractivity contribution in [3.63, 3.8) is 0 Å². The van der Waals surface area contributed by atoms with E-state index < -0.39 is 0 Å². The summed E-state index contributed by atoms with van der Waals surface area (Å²) in [6, 6.07) is 12.8. The highest BCUT2D eigenvalue weighted by Gasteiger charge is 1.99. The van der Waals surface area contributed by atoms with E-state index in [2.05, 4.69) is 0 Å². The lowest BCUT2D eigenvalue weighted by atomic mass is 10.3. The number of aromatic hydroxyl groups is 1. The van der Waals surface area contributed by atoms with E-state index in [0.29, 0.717) is 17.2 Å². The Morgan fingerprint density at radius 3 is 1.79 bits per heavy atom. The second-order valence-corrected chi connectivity index (χ2v) is 3.53. The van der Waals surface area contributed by atoms with Crippen LogP contribution in [0.1, 0.15) is 0 Å². The Morgan fingerprint density at radius 2 is 1.32 bits per heavy atom. The highest BCUT2D eigenvalue weighted by Crippen LogP contribution is 2.25. The molecular weight excluding hydrogens is 268 g/mol. The van der Waals surface area contributed by atoms with Crippen LogP contribution in [0.4, 0.5) is 0 Å². The molecule has 4 N–H and O–H groups in total. The smallest absolute Gasteiger partial charge is 0.284 e. The highest BCUT2D eigenvalue weighted by molar-refractivity contribution is 5.85. The van der Waals surface area contributed by atoms with Gasteiger partial charge in [0, 0.05) is 0 Å². The molecule has 2 aromatic carbocycles. The molecule has 0 saturated carbocycles. The number of phenolic OH excluding ortho intramolecular Hbond substituents is 1. The summed E-state index contributed by atoms with van der Waals surface area (Å²) in [5.74, 6) is 1.90. The topological polar surface area (TPSA) is 88.6 Å². The van der Waals surface area contributed by atoms with E-state index in [4.69, 9.17) is 25.7 Å². The van der Waals surface area contributed by atoms with Gasteiger partial charge in [-0.2, -0.15) is 0 Å². The summed E-state index contributed by atoms with van der Waals surface area (Å²) in [7, 11) is 0. The lowest BCUT2D eigenvalue weighted by molar-refractivity contribution is 0.463. The number of nitrogens with two attached hydrogens (primary N) is 1. The van der Waals surface area contributed by atoms with Crippen LogP contribution in [0.3, 0.4) is 0 Å². The summed E-state index contributed by atoms with van der Waals surface area (Å²) in [6.07, 6.45) is 0. The number of benzene rings is 2. The average Bonchev–Trinajstić information content (AvgIpc) is 2.34. The van der Waals surface area contributed by atoms with E-state index in [-0.39, 0.29) is 24.2 Å². The largest absolute Gasteiger partial charge is 0.508 e. The zero-order chi connectivity index (χ0) is 13.0. The summed E-state index contributed by atoms with van der Waals surface area (Å²) >= 11 is 0. The van der Waals surface area contributed by atoms with Gasteiger partial charge in [-0.05, 0) is 48.5 Å². The van der Waals surface area contributed by atoms with Crippen molar-refractivity contribution in [3.05, 3.63) is 48.5 Å². The first-order valence-electron chi connectivity index (χ1n) is 5.22. The van der Waals surface area contributed by atoms with Crippen LogP contribution in [0.2, 0.25) is 0 Å². The number of hydrogen-bond acceptors (Lipinski definition) is 4. The molecule has 0 saturated heterocycles. The first kappa shape index (κ1) is 14.7. The van der Waals surface area contributed by atoms with Crippen LogP contribution in [0.5, 0.6) is 23.0 Å². The second kappa shape index (κ2) is 6.51. The van der Waals surface area contributed by atoms with Gasteiger partial charge >= 0.3 is 0 Å². The van der Waals surface area contributed by atoms with E-state index in [0.717, 1.165) is 0 Å². The van der Waals surface area contributed by atoms with Crippen LogP contribution in [0, 0.1) is 5.41 Å². The molecule has 0 aliphatic carbocycles. The Balaban J connectivity index is 0.00000180. The summed E-state index contributed by atoms with van der Waals surface area (Å²) in [5.41, 5.74) is 5.11. The van der Waals surface area contributed by atoms with Crippen molar-refractivity contribution in [3.8, 4) is 23.0 Å². The third kappa shape index (κ3) is 4.40. The minimum atomic E-state index is -0.359. The quantitative estimate of drug-likeness (QED) is 0.596. The van der Waals surface area contributed by atoms with Gasteiger partial charge in [0.1, 0.15) is 23.0 Å². The Morgan fingerprint density at radius 1 is 0.895 bits per heavy atom. The van der Waals surface area contributed by atoms with Gasteiger partial charge in [0.15, 0.2) is 0 Å². The first-order chi connectivity index (χ1) is 8.63. The molecule has 6 heteroatoms. The van der Waals surface area contributed by atoms with Crippen LogP contribution in [-0.4, -0.2) is 11.1 Å². The standard InChI is InChI=1S/C13H12N2O3.ClH/c14-13(15)18-12-7-5-11(6-8-12)17-10-3-1-9(16)2-4-10;/h1-8,16H,(H3,14,15);1H. The zero-order valence-corrected chi connectivity index (χ0v) is 10.7. The Bertz CT molecular complexity index is 541. The van der Waals surface area contributed by atoms with E-state index in [1.54, 1.807) is 48.5 Å². The van der Waals surface area contributed by atoms with Crippen molar-refractivity contribution in [2.24, 2.45) is 5.73 Å². The molecule has 0 atom stereocenters. The van der Waals surface area contributed by atoms with Crippen molar-refractivity contribution in [1.29, 1.82) is 5.41 Å². The minimum Gasteiger partial charge on any atom is -0.508 e. The van der Waals surface area contributed by atoms with Crippen molar-refractivity contribution in [2.45, 2.75) is 0 Å². The third-order valence-electron chi connectivity index (χ3n) is 2.12. The van der Waals surface area contributed by atoms with Gasteiger partial charge in [0.05, 0.1) is 0 Å². The average molecular weight is 281 g/mol. The van der Waals surface area contributed by atoms with Crippen molar-refractivity contribution in [2.75, 3.05) is 0 Å². The van der Waals surface area contributed by atoms with Crippen LogP contribution in [0.25, 0.3) is 0 Å². The highest BCUT2D eigenvalue weighted by atomic mass is 35.5. The lowest BCUT2D eigenvalue weighted by Gasteiger charge is -2.07. The monoisotopic (exact) mass is 280 g/mol. The molecule has 0 aliphatic rings. The van der Waals surface area contributed by atoms with Crippen molar-refractivity contribution < 1.29 is 14.6 Å². The van der Waals surface area contributed by atoms with Gasteiger partial charge in [-0.1, -0.05) is 0 Å². The van der Waals surface area contributed by atoms with Crippen LogP contribution < -0.4 is 15.2 Å². The maximum absolute atomic E-state index is 9.14. The van der Waals surface area contributed by atoms with E-state index in [9.17, 15) is 0 Å². The van der Waals surface area contributed by atoms with E-state index >= 15 is 0 Å². The van der Waals surface area contributed by atoms with E-state index in [1.807, 2.05) is 0 Å². The van der Waals surface area contributed by atoms with Gasteiger partial charge in [-0.3, -0.25) is 5.41 Å². The Hall–Kier alpha value is -2.40. The molecular formula is C13H13ClN2O3. The number of phenols is 1. The molecule has 5 nitrogen and oxygen atoms in total. The zero-order valence-electron chi connectivity index (χ0n) is 9.87. The molecule has 0 aromatic heterocycles. The molecule has 0 heterocycles. The molecule has 2 aromatic rings. The molecule has 0 spiro atoms. The third-order valence-corrected chi connectivity index (χ3v) is 2.12. The fourth-order valence-corrected chi connectivity index (χ4v) is 1.35. The SMILES string of the molecule is Cl.N=C(N)Oc1ccc(Oc2ccc(O)cc2)cc1. The maximum atomic E-state index is 9.14. The molecule has 2 rings (SSSR count). The van der Waals surface area contributed by atoms with Gasteiger partial charge in [0.25, 0.3) is 6.02 Å². The van der Waals surface area contributed by atoms with Crippen molar-refractivity contribution in [1.82, 2.24) is 0 Å². The Kier molecular flexibility index (Phi) is 5.02. The Labute approximate surface area is 116 Å². The second-order valence-electron chi connectivity index (χ2n) is 3.53. The fraction of sp³-hybridized carbons (Fsp3) is 0. The molecule has 100 valence electrons. The predicted molar refractivity (Wildman–Crippen MR) is 74.4 cm³/mol. The van der Waals surface area contributed by atoms with Crippen molar-refractivity contribution >= 4 is 18.4 Å². The maximum Gasteiger partial charge on any atom is 0.284 e. The van der Waals surface area contributed by atoms with Gasteiger partial charge in [-0.15, -0.1) is 12.4 Å². The summed E-state index contributed by atoms with van der Waals surface area (Å²) in [4.78, 5) is 0. The van der Waals surface area contributed by atoms with E-state index in [1.165, 1.54) is 0 Å². The number of hydrogen-bond donors (Lipinski definition) is 3. The van der Waals surface area contributed by atoms with Gasteiger partial charge in [0.2, 0.25) is 0 Å². The molecule has 19 heavy (non-hydrogen) atoms. The van der Waals surface area contributed by atoms with Gasteiger partial charge in [-0.25, -0.2) is 0 Å². The number of amidine groups is 1. The number of halogens is 1. The number of nitrogens with one attached hydrogen (secondary N) is 1. The van der Waals surface area contributed by atoms with Crippen LogP contribution in [0.15, 0.2) is 48.5 Å². The van der Waals surface area contributed by atoms with Crippen LogP contribution in [-0.2, 0) is 0 Å². The van der Waals surface area contributed by atoms with Gasteiger partial charge < -0.3 is 20.3 Å². The predicted octanol–water partition coefficient (Wildman–Crippen LogP) is 2.88. The molecule has 0 fully saturated rings. The molecule has 0 amide bonds. The minimum absolute atomic E-state index is 0. The fourth-order valence-electron chi connectivity index (χ4n) is 1.35. The molecule has 0 unspecified atom stereocenters. The first-order valence-corrected chi connectivity index (χ1v) is 5.22. The summed E-state index contributed by atoms with van der Waals surface area (Å²) in [6.45, 7) is 0. The summed E-state index contributed by atoms with van der Waals surface area (Å²) in [5, 5.41) is 16.1. The molecule has 0 bridgehead atoms. The molecule has 0 radical (unpaired) electrons. The summed E-state index contributed by atoms with van der Waals surface area (Å²) < 4.78 is 10.4.